The molecule has 0 N–H and O–H groups in total. The molecule has 0 radical (unpaired) electrons. The van der Waals surface area contributed by atoms with Crippen LogP contribution in [0, 0.1) is 13.8 Å². The lowest BCUT2D eigenvalue weighted by molar-refractivity contribution is -0.131. The van der Waals surface area contributed by atoms with Crippen molar-refractivity contribution < 1.29 is 4.79 Å². The molecular weight excluding hydrogens is 332 g/mol. The Kier molecular flexibility index (Phi) is 4.33. The number of benzene rings is 1. The lowest BCUT2D eigenvalue weighted by Crippen LogP contribution is -2.59. The third kappa shape index (κ3) is 2.98. The fourth-order valence-corrected chi connectivity index (χ4v) is 4.94. The molecule has 0 saturated carbocycles. The highest BCUT2D eigenvalue weighted by Gasteiger charge is 2.51. The molecule has 5 nitrogen and oxygen atoms in total. The largest absolute Gasteiger partial charge is 0.311 e. The van der Waals surface area contributed by atoms with E-state index in [1.165, 1.54) is 5.56 Å². The summed E-state index contributed by atoms with van der Waals surface area (Å²) < 4.78 is 0. The van der Waals surface area contributed by atoms with Gasteiger partial charge in [-0.2, -0.15) is 0 Å². The van der Waals surface area contributed by atoms with Gasteiger partial charge >= 0.3 is 0 Å². The predicted molar refractivity (Wildman–Crippen MR) is 99.8 cm³/mol. The van der Waals surface area contributed by atoms with E-state index in [2.05, 4.69) is 46.3 Å². The van der Waals surface area contributed by atoms with Crippen LogP contribution in [0.2, 0.25) is 0 Å². The zero-order chi connectivity index (χ0) is 17.4. The standard InChI is InChI=1S/C19H24N4OS/c1-14-5-7-16(8-6-14)23-12-4-10-19(18(23)24)9-3-11-22(19)13-17-21-20-15(2)25-17/h5-8H,3-4,9-13H2,1-2H3. The van der Waals surface area contributed by atoms with Crippen molar-refractivity contribution in [2.75, 3.05) is 18.0 Å². The molecule has 2 fully saturated rings. The Morgan fingerprint density at radius 2 is 1.80 bits per heavy atom. The van der Waals surface area contributed by atoms with Crippen LogP contribution in [-0.4, -0.2) is 39.6 Å². The molecule has 2 aromatic rings. The molecule has 3 heterocycles. The second-order valence-electron chi connectivity index (χ2n) is 7.17. The molecule has 0 bridgehead atoms. The Balaban J connectivity index is 1.60. The number of rotatable bonds is 3. The molecule has 2 saturated heterocycles. The number of carbonyl (C=O) groups is 1. The van der Waals surface area contributed by atoms with E-state index in [0.29, 0.717) is 0 Å². The Labute approximate surface area is 152 Å². The zero-order valence-corrected chi connectivity index (χ0v) is 15.7. The normalized spacial score (nSPS) is 24.4. The molecule has 6 heteroatoms. The van der Waals surface area contributed by atoms with Crippen molar-refractivity contribution >= 4 is 22.9 Å². The van der Waals surface area contributed by atoms with E-state index in [0.717, 1.165) is 61.0 Å². The molecule has 1 spiro atoms. The fourth-order valence-electron chi connectivity index (χ4n) is 4.22. The third-order valence-electron chi connectivity index (χ3n) is 5.48. The summed E-state index contributed by atoms with van der Waals surface area (Å²) in [6.45, 7) is 6.57. The second kappa shape index (κ2) is 6.50. The number of anilines is 1. The SMILES string of the molecule is Cc1ccc(N2CCCC3(CCCN3Cc3nnc(C)s3)C2=O)cc1. The molecule has 25 heavy (non-hydrogen) atoms. The van der Waals surface area contributed by atoms with Crippen molar-refractivity contribution in [2.24, 2.45) is 0 Å². The molecule has 2 aliphatic rings. The van der Waals surface area contributed by atoms with Crippen molar-refractivity contribution in [3.05, 3.63) is 39.8 Å². The summed E-state index contributed by atoms with van der Waals surface area (Å²) in [4.78, 5) is 17.8. The molecule has 1 aromatic carbocycles. The second-order valence-corrected chi connectivity index (χ2v) is 8.43. The number of aromatic nitrogens is 2. The minimum Gasteiger partial charge on any atom is -0.311 e. The van der Waals surface area contributed by atoms with Crippen LogP contribution in [0.4, 0.5) is 5.69 Å². The van der Waals surface area contributed by atoms with Gasteiger partial charge in [0, 0.05) is 12.2 Å². The van der Waals surface area contributed by atoms with Crippen LogP contribution in [0.15, 0.2) is 24.3 Å². The average Bonchev–Trinajstić information content (AvgIpc) is 3.19. The molecule has 2 aliphatic heterocycles. The minimum atomic E-state index is -0.358. The topological polar surface area (TPSA) is 49.3 Å². The van der Waals surface area contributed by atoms with Gasteiger partial charge in [0.2, 0.25) is 5.91 Å². The average molecular weight is 356 g/mol. The van der Waals surface area contributed by atoms with Crippen LogP contribution >= 0.6 is 11.3 Å². The molecule has 1 atom stereocenters. The number of hydrogen-bond donors (Lipinski definition) is 0. The third-order valence-corrected chi connectivity index (χ3v) is 6.30. The lowest BCUT2D eigenvalue weighted by Gasteiger charge is -2.44. The lowest BCUT2D eigenvalue weighted by atomic mass is 9.85. The van der Waals surface area contributed by atoms with Crippen LogP contribution in [0.1, 0.15) is 41.3 Å². The van der Waals surface area contributed by atoms with E-state index < -0.39 is 0 Å². The van der Waals surface area contributed by atoms with E-state index >= 15 is 0 Å². The van der Waals surface area contributed by atoms with Crippen molar-refractivity contribution in [3.8, 4) is 0 Å². The maximum absolute atomic E-state index is 13.5. The molecule has 1 amide bonds. The van der Waals surface area contributed by atoms with Crippen LogP contribution in [0.25, 0.3) is 0 Å². The van der Waals surface area contributed by atoms with E-state index in [-0.39, 0.29) is 11.4 Å². The van der Waals surface area contributed by atoms with Crippen LogP contribution in [0.5, 0.6) is 0 Å². The summed E-state index contributed by atoms with van der Waals surface area (Å²) in [5.41, 5.74) is 1.88. The molecule has 0 aliphatic carbocycles. The first kappa shape index (κ1) is 16.7. The summed E-state index contributed by atoms with van der Waals surface area (Å²) >= 11 is 1.63. The van der Waals surface area contributed by atoms with Gasteiger partial charge < -0.3 is 4.90 Å². The van der Waals surface area contributed by atoms with Gasteiger partial charge in [-0.05, 0) is 58.2 Å². The van der Waals surface area contributed by atoms with Gasteiger partial charge in [-0.25, -0.2) is 0 Å². The van der Waals surface area contributed by atoms with Crippen LogP contribution in [-0.2, 0) is 11.3 Å². The number of amides is 1. The molecule has 132 valence electrons. The summed E-state index contributed by atoms with van der Waals surface area (Å²) in [6, 6.07) is 8.31. The number of nitrogens with zero attached hydrogens (tertiary/aromatic N) is 4. The number of carbonyl (C=O) groups excluding carboxylic acids is 1. The summed E-state index contributed by atoms with van der Waals surface area (Å²) in [5.74, 6) is 0.265. The Bertz CT molecular complexity index is 772. The van der Waals surface area contributed by atoms with Gasteiger partial charge in [0.25, 0.3) is 0 Å². The van der Waals surface area contributed by atoms with Gasteiger partial charge in [-0.15, -0.1) is 21.5 Å². The summed E-state index contributed by atoms with van der Waals surface area (Å²) in [7, 11) is 0. The molecule has 1 unspecified atom stereocenters. The van der Waals surface area contributed by atoms with Crippen molar-refractivity contribution in [3.63, 3.8) is 0 Å². The predicted octanol–water partition coefficient (Wildman–Crippen LogP) is 3.32. The Hall–Kier alpha value is -1.79. The zero-order valence-electron chi connectivity index (χ0n) is 14.9. The monoisotopic (exact) mass is 356 g/mol. The van der Waals surface area contributed by atoms with E-state index in [9.17, 15) is 4.79 Å². The first-order valence-electron chi connectivity index (χ1n) is 9.01. The van der Waals surface area contributed by atoms with Crippen LogP contribution in [0.3, 0.4) is 0 Å². The van der Waals surface area contributed by atoms with Crippen molar-refractivity contribution in [1.82, 2.24) is 15.1 Å². The highest BCUT2D eigenvalue weighted by molar-refractivity contribution is 7.11. The maximum atomic E-state index is 13.5. The van der Waals surface area contributed by atoms with Crippen molar-refractivity contribution in [2.45, 2.75) is 51.6 Å². The first-order chi connectivity index (χ1) is 12.1. The van der Waals surface area contributed by atoms with Crippen LogP contribution < -0.4 is 4.90 Å². The number of likely N-dealkylation sites (tertiary alicyclic amines) is 1. The van der Waals surface area contributed by atoms with Gasteiger partial charge in [-0.3, -0.25) is 9.69 Å². The van der Waals surface area contributed by atoms with E-state index in [4.69, 9.17) is 0 Å². The number of piperidine rings is 1. The molecule has 1 aromatic heterocycles. The summed E-state index contributed by atoms with van der Waals surface area (Å²) in [6.07, 6.45) is 4.02. The number of aryl methyl sites for hydroxylation is 2. The Morgan fingerprint density at radius 3 is 2.48 bits per heavy atom. The highest BCUT2D eigenvalue weighted by atomic mass is 32.1. The van der Waals surface area contributed by atoms with Gasteiger partial charge in [0.05, 0.1) is 6.54 Å². The van der Waals surface area contributed by atoms with Gasteiger partial charge in [0.15, 0.2) is 0 Å². The smallest absolute Gasteiger partial charge is 0.247 e. The first-order valence-corrected chi connectivity index (χ1v) is 9.83. The Morgan fingerprint density at radius 1 is 1.08 bits per heavy atom. The highest BCUT2D eigenvalue weighted by Crippen LogP contribution is 2.40. The summed E-state index contributed by atoms with van der Waals surface area (Å²) in [5, 5.41) is 10.4. The van der Waals surface area contributed by atoms with E-state index in [1.54, 1.807) is 11.3 Å². The maximum Gasteiger partial charge on any atom is 0.247 e. The quantitative estimate of drug-likeness (QED) is 0.846. The van der Waals surface area contributed by atoms with E-state index in [1.807, 2.05) is 11.8 Å². The van der Waals surface area contributed by atoms with Crippen molar-refractivity contribution in [1.29, 1.82) is 0 Å². The van der Waals surface area contributed by atoms with Gasteiger partial charge in [0.1, 0.15) is 15.6 Å². The minimum absolute atomic E-state index is 0.265. The molecular formula is C19H24N4OS. The number of hydrogen-bond acceptors (Lipinski definition) is 5. The molecule has 4 rings (SSSR count). The fraction of sp³-hybridized carbons (Fsp3) is 0.526. The van der Waals surface area contributed by atoms with Gasteiger partial charge in [-0.1, -0.05) is 17.7 Å².